The molecule has 1 aromatic heterocycles. The summed E-state index contributed by atoms with van der Waals surface area (Å²) in [4.78, 5) is 18.4. The second-order valence-electron chi connectivity index (χ2n) is 5.73. The molecular formula is C18H21N3O. The number of hydrogen-bond acceptors (Lipinski definition) is 3. The van der Waals surface area contributed by atoms with E-state index < -0.39 is 0 Å². The van der Waals surface area contributed by atoms with Crippen molar-refractivity contribution in [2.24, 2.45) is 0 Å². The Bertz CT molecular complexity index is 636. The Morgan fingerprint density at radius 1 is 1.18 bits per heavy atom. The van der Waals surface area contributed by atoms with Crippen LogP contribution in [-0.4, -0.2) is 28.9 Å². The number of likely N-dealkylation sites (tertiary alicyclic amines) is 1. The van der Waals surface area contributed by atoms with E-state index in [-0.39, 0.29) is 11.9 Å². The van der Waals surface area contributed by atoms with Gasteiger partial charge in [-0.1, -0.05) is 6.07 Å². The first-order chi connectivity index (χ1) is 10.7. The van der Waals surface area contributed by atoms with Gasteiger partial charge in [0.05, 0.1) is 0 Å². The van der Waals surface area contributed by atoms with Gasteiger partial charge >= 0.3 is 0 Å². The van der Waals surface area contributed by atoms with E-state index in [0.29, 0.717) is 0 Å². The first-order valence-electron chi connectivity index (χ1n) is 7.80. The van der Waals surface area contributed by atoms with Gasteiger partial charge in [-0.15, -0.1) is 0 Å². The Balaban J connectivity index is 1.72. The highest BCUT2D eigenvalue weighted by Crippen LogP contribution is 2.21. The zero-order chi connectivity index (χ0) is 15.4. The maximum absolute atomic E-state index is 12.4. The second-order valence-corrected chi connectivity index (χ2v) is 5.73. The van der Waals surface area contributed by atoms with Gasteiger partial charge in [0.15, 0.2) is 0 Å². The van der Waals surface area contributed by atoms with Crippen LogP contribution in [0.15, 0.2) is 48.8 Å². The van der Waals surface area contributed by atoms with Gasteiger partial charge < -0.3 is 10.2 Å². The third-order valence-electron chi connectivity index (χ3n) is 4.09. The first kappa shape index (κ1) is 14.6. The van der Waals surface area contributed by atoms with Crippen molar-refractivity contribution in [2.75, 3.05) is 18.4 Å². The monoisotopic (exact) mass is 295 g/mol. The van der Waals surface area contributed by atoms with Crippen molar-refractivity contribution in [3.05, 3.63) is 59.9 Å². The van der Waals surface area contributed by atoms with Crippen molar-refractivity contribution in [1.29, 1.82) is 0 Å². The van der Waals surface area contributed by atoms with E-state index in [1.807, 2.05) is 41.3 Å². The molecule has 1 aliphatic rings. The number of rotatable bonds is 4. The smallest absolute Gasteiger partial charge is 0.253 e. The van der Waals surface area contributed by atoms with Crippen molar-refractivity contribution in [2.45, 2.75) is 25.8 Å². The summed E-state index contributed by atoms with van der Waals surface area (Å²) in [5.74, 6) is 0.137. The van der Waals surface area contributed by atoms with E-state index in [9.17, 15) is 4.79 Å². The quantitative estimate of drug-likeness (QED) is 0.939. The molecule has 4 nitrogen and oxygen atoms in total. The Hall–Kier alpha value is -2.36. The highest BCUT2D eigenvalue weighted by Gasteiger charge is 2.19. The topological polar surface area (TPSA) is 45.2 Å². The number of carbonyl (C=O) groups is 1. The molecule has 0 spiro atoms. The summed E-state index contributed by atoms with van der Waals surface area (Å²) in [6.07, 6.45) is 5.81. The van der Waals surface area contributed by atoms with Gasteiger partial charge in [-0.2, -0.15) is 0 Å². The van der Waals surface area contributed by atoms with E-state index in [1.165, 1.54) is 5.56 Å². The number of carbonyl (C=O) groups excluding carboxylic acids is 1. The fourth-order valence-corrected chi connectivity index (χ4v) is 2.83. The molecule has 22 heavy (non-hydrogen) atoms. The number of pyridine rings is 1. The minimum Gasteiger partial charge on any atom is -0.378 e. The van der Waals surface area contributed by atoms with Crippen LogP contribution < -0.4 is 5.32 Å². The summed E-state index contributed by atoms with van der Waals surface area (Å²) >= 11 is 0. The summed E-state index contributed by atoms with van der Waals surface area (Å²) in [7, 11) is 0. The van der Waals surface area contributed by atoms with Crippen molar-refractivity contribution >= 4 is 11.6 Å². The van der Waals surface area contributed by atoms with Gasteiger partial charge in [0.1, 0.15) is 0 Å². The molecule has 4 heteroatoms. The lowest BCUT2D eigenvalue weighted by Crippen LogP contribution is -2.27. The lowest BCUT2D eigenvalue weighted by atomic mass is 10.1. The number of hydrogen-bond donors (Lipinski definition) is 1. The fourth-order valence-electron chi connectivity index (χ4n) is 2.83. The molecule has 1 aliphatic heterocycles. The molecule has 1 aromatic carbocycles. The summed E-state index contributed by atoms with van der Waals surface area (Å²) in [5, 5.41) is 3.45. The number of nitrogens with zero attached hydrogens (tertiary/aromatic N) is 2. The Kier molecular flexibility index (Phi) is 4.37. The molecule has 114 valence electrons. The highest BCUT2D eigenvalue weighted by atomic mass is 16.2. The third kappa shape index (κ3) is 3.27. The normalized spacial score (nSPS) is 15.6. The van der Waals surface area contributed by atoms with Gasteiger partial charge in [-0.3, -0.25) is 9.78 Å². The Labute approximate surface area is 131 Å². The van der Waals surface area contributed by atoms with Crippen LogP contribution in [0.4, 0.5) is 5.69 Å². The minimum absolute atomic E-state index is 0.137. The molecule has 2 heterocycles. The molecule has 1 amide bonds. The van der Waals surface area contributed by atoms with E-state index in [2.05, 4.69) is 17.2 Å². The SMILES string of the molecule is C[C@H](Nc1cccc(C(=O)N2CCCC2)c1)c1ccncc1. The molecule has 0 saturated carbocycles. The van der Waals surface area contributed by atoms with E-state index in [0.717, 1.165) is 37.2 Å². The summed E-state index contributed by atoms with van der Waals surface area (Å²) in [6, 6.07) is 11.9. The standard InChI is InChI=1S/C18H21N3O/c1-14(15-7-9-19-10-8-15)20-17-6-4-5-16(13-17)18(22)21-11-2-3-12-21/h4-10,13-14,20H,2-3,11-12H2,1H3/t14-/m0/s1. The van der Waals surface area contributed by atoms with Crippen LogP contribution in [0, 0.1) is 0 Å². The van der Waals surface area contributed by atoms with E-state index in [4.69, 9.17) is 0 Å². The molecule has 1 fully saturated rings. The van der Waals surface area contributed by atoms with Crippen molar-refractivity contribution in [3.63, 3.8) is 0 Å². The van der Waals surface area contributed by atoms with Crippen molar-refractivity contribution in [1.82, 2.24) is 9.88 Å². The van der Waals surface area contributed by atoms with Crippen LogP contribution in [-0.2, 0) is 0 Å². The van der Waals surface area contributed by atoms with E-state index >= 15 is 0 Å². The molecule has 1 N–H and O–H groups in total. The summed E-state index contributed by atoms with van der Waals surface area (Å²) in [6.45, 7) is 3.86. The van der Waals surface area contributed by atoms with Crippen LogP contribution in [0.1, 0.15) is 41.7 Å². The molecule has 0 bridgehead atoms. The minimum atomic E-state index is 0.137. The average Bonchev–Trinajstić information content (AvgIpc) is 3.09. The predicted molar refractivity (Wildman–Crippen MR) is 87.9 cm³/mol. The maximum atomic E-state index is 12.4. The van der Waals surface area contributed by atoms with Crippen LogP contribution in [0.3, 0.4) is 0 Å². The van der Waals surface area contributed by atoms with E-state index in [1.54, 1.807) is 12.4 Å². The number of anilines is 1. The van der Waals surface area contributed by atoms with Crippen LogP contribution >= 0.6 is 0 Å². The van der Waals surface area contributed by atoms with Gasteiger partial charge in [-0.25, -0.2) is 0 Å². The third-order valence-corrected chi connectivity index (χ3v) is 4.09. The highest BCUT2D eigenvalue weighted by molar-refractivity contribution is 5.95. The first-order valence-corrected chi connectivity index (χ1v) is 7.80. The number of nitrogens with one attached hydrogen (secondary N) is 1. The van der Waals surface area contributed by atoms with Gasteiger partial charge in [0, 0.05) is 42.8 Å². The molecule has 2 aromatic rings. The predicted octanol–water partition coefficient (Wildman–Crippen LogP) is 3.49. The largest absolute Gasteiger partial charge is 0.378 e. The molecular weight excluding hydrogens is 274 g/mol. The lowest BCUT2D eigenvalue weighted by Gasteiger charge is -2.18. The summed E-state index contributed by atoms with van der Waals surface area (Å²) < 4.78 is 0. The maximum Gasteiger partial charge on any atom is 0.253 e. The van der Waals surface area contributed by atoms with Crippen molar-refractivity contribution in [3.8, 4) is 0 Å². The van der Waals surface area contributed by atoms with Crippen LogP contribution in [0.2, 0.25) is 0 Å². The molecule has 1 atom stereocenters. The summed E-state index contributed by atoms with van der Waals surface area (Å²) in [5.41, 5.74) is 2.90. The average molecular weight is 295 g/mol. The number of amides is 1. The van der Waals surface area contributed by atoms with Crippen LogP contribution in [0.25, 0.3) is 0 Å². The molecule has 0 radical (unpaired) electrons. The molecule has 3 rings (SSSR count). The van der Waals surface area contributed by atoms with Gasteiger partial charge in [0.2, 0.25) is 0 Å². The number of benzene rings is 1. The van der Waals surface area contributed by atoms with Gasteiger partial charge in [0.25, 0.3) is 5.91 Å². The fraction of sp³-hybridized carbons (Fsp3) is 0.333. The Morgan fingerprint density at radius 2 is 1.91 bits per heavy atom. The molecule has 0 unspecified atom stereocenters. The molecule has 1 saturated heterocycles. The zero-order valence-electron chi connectivity index (χ0n) is 12.8. The zero-order valence-corrected chi connectivity index (χ0v) is 12.8. The Morgan fingerprint density at radius 3 is 2.64 bits per heavy atom. The number of aromatic nitrogens is 1. The second kappa shape index (κ2) is 6.60. The van der Waals surface area contributed by atoms with Gasteiger partial charge in [-0.05, 0) is 55.7 Å². The van der Waals surface area contributed by atoms with Crippen LogP contribution in [0.5, 0.6) is 0 Å². The molecule has 0 aliphatic carbocycles. The van der Waals surface area contributed by atoms with Crippen molar-refractivity contribution < 1.29 is 4.79 Å². The lowest BCUT2D eigenvalue weighted by molar-refractivity contribution is 0.0793.